The fourth-order valence-corrected chi connectivity index (χ4v) is 1.91. The Hall–Kier alpha value is -0.160. The molecule has 1 fully saturated rings. The van der Waals surface area contributed by atoms with E-state index in [1.54, 1.807) is 12.1 Å². The third-order valence-corrected chi connectivity index (χ3v) is 3.63. The first-order chi connectivity index (χ1) is 6.54. The summed E-state index contributed by atoms with van der Waals surface area (Å²) in [5.74, 6) is -0.551. The van der Waals surface area contributed by atoms with E-state index in [4.69, 9.17) is 11.6 Å². The topological polar surface area (TPSA) is 32.3 Å². The van der Waals surface area contributed by atoms with Crippen molar-refractivity contribution < 1.29 is 9.50 Å². The lowest BCUT2D eigenvalue weighted by Crippen LogP contribution is -2.57. The molecule has 0 unspecified atom stereocenters. The molecule has 0 aliphatic carbocycles. The summed E-state index contributed by atoms with van der Waals surface area (Å²) in [6.45, 7) is 0.726. The lowest BCUT2D eigenvalue weighted by atomic mass is 9.88. The minimum Gasteiger partial charge on any atom is -0.382 e. The van der Waals surface area contributed by atoms with E-state index in [0.717, 1.165) is 0 Å². The van der Waals surface area contributed by atoms with Crippen LogP contribution in [0.1, 0.15) is 5.56 Å². The van der Waals surface area contributed by atoms with E-state index >= 15 is 0 Å². The highest BCUT2D eigenvalue weighted by Crippen LogP contribution is 2.34. The van der Waals surface area contributed by atoms with Gasteiger partial charge in [-0.3, -0.25) is 0 Å². The van der Waals surface area contributed by atoms with Gasteiger partial charge in [0.2, 0.25) is 0 Å². The third kappa shape index (κ3) is 1.46. The van der Waals surface area contributed by atoms with Crippen molar-refractivity contribution in [2.75, 3.05) is 13.1 Å². The minimum absolute atomic E-state index is 0.0165. The Morgan fingerprint density at radius 3 is 2.64 bits per heavy atom. The van der Waals surface area contributed by atoms with Gasteiger partial charge in [-0.15, -0.1) is 0 Å². The molecular formula is C9H8BrClFNO. The molecule has 2 nitrogen and oxygen atoms in total. The van der Waals surface area contributed by atoms with Crippen molar-refractivity contribution in [1.82, 2.24) is 5.32 Å². The van der Waals surface area contributed by atoms with Crippen LogP contribution in [0.4, 0.5) is 4.39 Å². The molecule has 1 aromatic carbocycles. The average molecular weight is 281 g/mol. The van der Waals surface area contributed by atoms with E-state index in [1.807, 2.05) is 0 Å². The lowest BCUT2D eigenvalue weighted by molar-refractivity contribution is -0.0176. The van der Waals surface area contributed by atoms with E-state index in [9.17, 15) is 9.50 Å². The van der Waals surface area contributed by atoms with Crippen LogP contribution in [-0.4, -0.2) is 18.2 Å². The molecular weight excluding hydrogens is 272 g/mol. The zero-order valence-electron chi connectivity index (χ0n) is 7.15. The number of rotatable bonds is 1. The zero-order chi connectivity index (χ0) is 10.3. The van der Waals surface area contributed by atoms with Crippen LogP contribution in [0.5, 0.6) is 0 Å². The number of benzene rings is 1. The van der Waals surface area contributed by atoms with Gasteiger partial charge in [-0.1, -0.05) is 17.7 Å². The van der Waals surface area contributed by atoms with Gasteiger partial charge >= 0.3 is 0 Å². The second kappa shape index (κ2) is 3.45. The summed E-state index contributed by atoms with van der Waals surface area (Å²) < 4.78 is 14.1. The van der Waals surface area contributed by atoms with Crippen LogP contribution in [0.3, 0.4) is 0 Å². The van der Waals surface area contributed by atoms with Gasteiger partial charge in [0.15, 0.2) is 0 Å². The lowest BCUT2D eigenvalue weighted by Gasteiger charge is -2.38. The Kier molecular flexibility index (Phi) is 2.55. The molecule has 1 aliphatic heterocycles. The second-order valence-corrected chi connectivity index (χ2v) is 4.59. The average Bonchev–Trinajstić information content (AvgIpc) is 2.11. The van der Waals surface area contributed by atoms with Gasteiger partial charge in [-0.25, -0.2) is 4.39 Å². The maximum atomic E-state index is 13.6. The molecule has 0 spiro atoms. The molecule has 1 saturated heterocycles. The molecule has 0 radical (unpaired) electrons. The molecule has 2 rings (SSSR count). The van der Waals surface area contributed by atoms with Crippen LogP contribution in [0, 0.1) is 5.82 Å². The largest absolute Gasteiger partial charge is 0.382 e. The van der Waals surface area contributed by atoms with Crippen LogP contribution in [-0.2, 0) is 5.60 Å². The summed E-state index contributed by atoms with van der Waals surface area (Å²) in [6.07, 6.45) is 0. The summed E-state index contributed by atoms with van der Waals surface area (Å²) in [4.78, 5) is 0. The summed E-state index contributed by atoms with van der Waals surface area (Å²) in [7, 11) is 0. The first-order valence-electron chi connectivity index (χ1n) is 4.12. The summed E-state index contributed by atoms with van der Waals surface area (Å²) in [6, 6.07) is 3.18. The first kappa shape index (κ1) is 10.4. The predicted molar refractivity (Wildman–Crippen MR) is 55.9 cm³/mol. The third-order valence-electron chi connectivity index (χ3n) is 2.37. The number of hydrogen-bond acceptors (Lipinski definition) is 2. The predicted octanol–water partition coefficient (Wildman–Crippen LogP) is 2.03. The number of halogens is 3. The monoisotopic (exact) mass is 279 g/mol. The Morgan fingerprint density at radius 1 is 1.50 bits per heavy atom. The van der Waals surface area contributed by atoms with E-state index < -0.39 is 11.4 Å². The molecule has 0 amide bonds. The maximum Gasteiger partial charge on any atom is 0.149 e. The van der Waals surface area contributed by atoms with E-state index in [-0.39, 0.29) is 10.6 Å². The van der Waals surface area contributed by atoms with Crippen LogP contribution < -0.4 is 5.32 Å². The highest BCUT2D eigenvalue weighted by atomic mass is 79.9. The van der Waals surface area contributed by atoms with Gasteiger partial charge in [0, 0.05) is 23.1 Å². The summed E-state index contributed by atoms with van der Waals surface area (Å²) in [5.41, 5.74) is -0.849. The molecule has 0 bridgehead atoms. The number of hydrogen-bond donors (Lipinski definition) is 2. The Labute approximate surface area is 94.2 Å². The highest BCUT2D eigenvalue weighted by Gasteiger charge is 2.39. The highest BCUT2D eigenvalue weighted by molar-refractivity contribution is 9.10. The standard InChI is InChI=1S/C9H8BrClFNO/c10-6-2-1-5(8(12)7(6)11)9(14)3-13-4-9/h1-2,13-14H,3-4H2. The molecule has 5 heteroatoms. The van der Waals surface area contributed by atoms with Crippen LogP contribution >= 0.6 is 27.5 Å². The molecule has 0 saturated carbocycles. The van der Waals surface area contributed by atoms with Crippen molar-refractivity contribution >= 4 is 27.5 Å². The molecule has 1 aromatic rings. The van der Waals surface area contributed by atoms with E-state index in [0.29, 0.717) is 17.6 Å². The van der Waals surface area contributed by atoms with Gasteiger partial charge in [0.25, 0.3) is 0 Å². The van der Waals surface area contributed by atoms with Crippen molar-refractivity contribution in [3.63, 3.8) is 0 Å². The first-order valence-corrected chi connectivity index (χ1v) is 5.29. The normalized spacial score (nSPS) is 19.1. The zero-order valence-corrected chi connectivity index (χ0v) is 9.49. The molecule has 1 heterocycles. The fourth-order valence-electron chi connectivity index (χ4n) is 1.44. The molecule has 14 heavy (non-hydrogen) atoms. The van der Waals surface area contributed by atoms with Crippen molar-refractivity contribution in [1.29, 1.82) is 0 Å². The van der Waals surface area contributed by atoms with Gasteiger partial charge in [0.05, 0.1) is 5.02 Å². The maximum absolute atomic E-state index is 13.6. The van der Waals surface area contributed by atoms with Crippen molar-refractivity contribution in [3.05, 3.63) is 33.0 Å². The Morgan fingerprint density at radius 2 is 2.14 bits per heavy atom. The van der Waals surface area contributed by atoms with Gasteiger partial charge in [-0.05, 0) is 22.0 Å². The molecule has 0 aromatic heterocycles. The van der Waals surface area contributed by atoms with Crippen molar-refractivity contribution in [2.45, 2.75) is 5.60 Å². The molecule has 1 aliphatic rings. The number of β-amino-alcohol motifs (C(OH)–C–C–N with tert-alkyl or cyclic N) is 1. The summed E-state index contributed by atoms with van der Waals surface area (Å²) >= 11 is 8.83. The number of nitrogens with one attached hydrogen (secondary N) is 1. The second-order valence-electron chi connectivity index (χ2n) is 3.36. The van der Waals surface area contributed by atoms with Crippen LogP contribution in [0.2, 0.25) is 5.02 Å². The smallest absolute Gasteiger partial charge is 0.149 e. The van der Waals surface area contributed by atoms with Crippen molar-refractivity contribution in [3.8, 4) is 0 Å². The van der Waals surface area contributed by atoms with Crippen LogP contribution in [0.15, 0.2) is 16.6 Å². The Balaban J connectivity index is 2.49. The van der Waals surface area contributed by atoms with Gasteiger partial charge in [0.1, 0.15) is 11.4 Å². The molecule has 2 N–H and O–H groups in total. The summed E-state index contributed by atoms with van der Waals surface area (Å²) in [5, 5.41) is 12.8. The Bertz CT molecular complexity index is 381. The quantitative estimate of drug-likeness (QED) is 0.772. The van der Waals surface area contributed by atoms with Gasteiger partial charge < -0.3 is 10.4 Å². The molecule has 76 valence electrons. The SMILES string of the molecule is OC1(c2ccc(Br)c(Cl)c2F)CNC1. The number of aliphatic hydroxyl groups is 1. The van der Waals surface area contributed by atoms with E-state index in [1.165, 1.54) is 0 Å². The van der Waals surface area contributed by atoms with Gasteiger partial charge in [-0.2, -0.15) is 0 Å². The minimum atomic E-state index is -1.10. The van der Waals surface area contributed by atoms with Crippen LogP contribution in [0.25, 0.3) is 0 Å². The molecule has 0 atom stereocenters. The van der Waals surface area contributed by atoms with E-state index in [2.05, 4.69) is 21.2 Å². The fraction of sp³-hybridized carbons (Fsp3) is 0.333. The van der Waals surface area contributed by atoms with Crippen molar-refractivity contribution in [2.24, 2.45) is 0 Å².